The number of nitriles is 1. The van der Waals surface area contributed by atoms with Gasteiger partial charge in [-0.1, -0.05) is 19.1 Å². The Morgan fingerprint density at radius 3 is 2.77 bits per heavy atom. The van der Waals surface area contributed by atoms with Crippen molar-refractivity contribution < 1.29 is 9.53 Å². The molecule has 0 saturated carbocycles. The molecule has 1 amide bonds. The number of methoxy groups -OCH3 is 1. The fourth-order valence-corrected chi connectivity index (χ4v) is 4.19. The number of fused-ring (bicyclic) bond motifs is 1. The average Bonchev–Trinajstić information content (AvgIpc) is 2.83. The van der Waals surface area contributed by atoms with E-state index in [0.29, 0.717) is 18.7 Å². The van der Waals surface area contributed by atoms with Crippen molar-refractivity contribution in [1.29, 1.82) is 5.26 Å². The van der Waals surface area contributed by atoms with Crippen LogP contribution >= 0.6 is 0 Å². The molecule has 2 heterocycles. The van der Waals surface area contributed by atoms with Gasteiger partial charge in [-0.3, -0.25) is 9.78 Å². The number of nitrogens with one attached hydrogen (secondary N) is 1. The number of hydrogen-bond donors (Lipinski definition) is 1. The molecule has 0 radical (unpaired) electrons. The number of benzene rings is 2. The second-order valence-electron chi connectivity index (χ2n) is 7.82. The quantitative estimate of drug-likeness (QED) is 0.663. The number of amides is 1. The SMILES string of the molecule is CCc1cccc(NC(=O)C2CCN(c3c(C#N)cnc4ccc(OC)cc34)CC2)c1. The Balaban J connectivity index is 1.51. The van der Waals surface area contributed by atoms with Gasteiger partial charge in [-0.25, -0.2) is 0 Å². The third kappa shape index (κ3) is 4.31. The Bertz CT molecular complexity index is 1140. The molecule has 3 aromatic rings. The lowest BCUT2D eigenvalue weighted by atomic mass is 9.94. The molecule has 6 nitrogen and oxygen atoms in total. The summed E-state index contributed by atoms with van der Waals surface area (Å²) in [7, 11) is 1.63. The van der Waals surface area contributed by atoms with Crippen LogP contribution in [0.2, 0.25) is 0 Å². The molecule has 158 valence electrons. The highest BCUT2D eigenvalue weighted by atomic mass is 16.5. The van der Waals surface area contributed by atoms with Gasteiger partial charge in [0, 0.05) is 36.3 Å². The summed E-state index contributed by atoms with van der Waals surface area (Å²) in [6, 6.07) is 16.0. The topological polar surface area (TPSA) is 78.3 Å². The second kappa shape index (κ2) is 9.05. The summed E-state index contributed by atoms with van der Waals surface area (Å²) in [5.41, 5.74) is 4.30. The third-order valence-electron chi connectivity index (χ3n) is 5.95. The maximum atomic E-state index is 12.8. The van der Waals surface area contributed by atoms with E-state index in [4.69, 9.17) is 4.74 Å². The molecular formula is C25H26N4O2. The van der Waals surface area contributed by atoms with Crippen LogP contribution in [0, 0.1) is 17.2 Å². The lowest BCUT2D eigenvalue weighted by Crippen LogP contribution is -2.38. The number of hydrogen-bond acceptors (Lipinski definition) is 5. The molecule has 0 bridgehead atoms. The highest BCUT2D eigenvalue weighted by molar-refractivity contribution is 5.96. The molecule has 2 aromatic carbocycles. The molecule has 4 rings (SSSR count). The number of aromatic nitrogens is 1. The normalized spacial score (nSPS) is 14.3. The lowest BCUT2D eigenvalue weighted by Gasteiger charge is -2.34. The first-order valence-electron chi connectivity index (χ1n) is 10.6. The number of pyridine rings is 1. The summed E-state index contributed by atoms with van der Waals surface area (Å²) >= 11 is 0. The van der Waals surface area contributed by atoms with E-state index in [1.54, 1.807) is 13.3 Å². The van der Waals surface area contributed by atoms with E-state index in [2.05, 4.69) is 34.3 Å². The summed E-state index contributed by atoms with van der Waals surface area (Å²) in [5.74, 6) is 0.749. The molecule has 6 heteroatoms. The number of rotatable bonds is 5. The van der Waals surface area contributed by atoms with E-state index in [1.165, 1.54) is 5.56 Å². The van der Waals surface area contributed by atoms with Crippen LogP contribution < -0.4 is 15.0 Å². The summed E-state index contributed by atoms with van der Waals surface area (Å²) in [5, 5.41) is 13.6. The van der Waals surface area contributed by atoms with E-state index in [9.17, 15) is 10.1 Å². The minimum Gasteiger partial charge on any atom is -0.497 e. The van der Waals surface area contributed by atoms with Gasteiger partial charge >= 0.3 is 0 Å². The van der Waals surface area contributed by atoms with Crippen molar-refractivity contribution >= 4 is 28.2 Å². The minimum atomic E-state index is -0.0466. The van der Waals surface area contributed by atoms with Gasteiger partial charge < -0.3 is 15.0 Å². The fraction of sp³-hybridized carbons (Fsp3) is 0.320. The predicted octanol–water partition coefficient (Wildman–Crippen LogP) is 4.53. The van der Waals surface area contributed by atoms with Crippen molar-refractivity contribution in [3.05, 3.63) is 59.8 Å². The molecule has 1 aliphatic rings. The van der Waals surface area contributed by atoms with Crippen LogP contribution in [-0.2, 0) is 11.2 Å². The fourth-order valence-electron chi connectivity index (χ4n) is 4.19. The lowest BCUT2D eigenvalue weighted by molar-refractivity contribution is -0.120. The van der Waals surface area contributed by atoms with E-state index in [-0.39, 0.29) is 11.8 Å². The van der Waals surface area contributed by atoms with Crippen molar-refractivity contribution in [3.63, 3.8) is 0 Å². The first kappa shape index (κ1) is 20.7. The molecule has 0 aliphatic carbocycles. The summed E-state index contributed by atoms with van der Waals surface area (Å²) in [6.07, 6.45) is 4.04. The molecule has 1 fully saturated rings. The molecule has 0 spiro atoms. The van der Waals surface area contributed by atoms with Gasteiger partial charge in [0.2, 0.25) is 5.91 Å². The van der Waals surface area contributed by atoms with Gasteiger partial charge in [-0.05, 0) is 55.2 Å². The van der Waals surface area contributed by atoms with Crippen LogP contribution in [0.15, 0.2) is 48.7 Å². The highest BCUT2D eigenvalue weighted by Crippen LogP contribution is 2.34. The van der Waals surface area contributed by atoms with Gasteiger partial charge in [0.15, 0.2) is 0 Å². The van der Waals surface area contributed by atoms with Gasteiger partial charge in [0.1, 0.15) is 11.8 Å². The Hall–Kier alpha value is -3.59. The van der Waals surface area contributed by atoms with E-state index >= 15 is 0 Å². The Morgan fingerprint density at radius 1 is 1.26 bits per heavy atom. The second-order valence-corrected chi connectivity index (χ2v) is 7.82. The summed E-state index contributed by atoms with van der Waals surface area (Å²) in [4.78, 5) is 19.4. The number of anilines is 2. The number of nitrogens with zero attached hydrogens (tertiary/aromatic N) is 3. The number of aryl methyl sites for hydroxylation is 1. The monoisotopic (exact) mass is 414 g/mol. The highest BCUT2D eigenvalue weighted by Gasteiger charge is 2.27. The first-order chi connectivity index (χ1) is 15.1. The zero-order valence-corrected chi connectivity index (χ0v) is 17.9. The van der Waals surface area contributed by atoms with Crippen LogP contribution in [-0.4, -0.2) is 31.1 Å². The van der Waals surface area contributed by atoms with Crippen molar-refractivity contribution in [2.75, 3.05) is 30.4 Å². The van der Waals surface area contributed by atoms with Gasteiger partial charge in [-0.15, -0.1) is 0 Å². The largest absolute Gasteiger partial charge is 0.497 e. The molecule has 1 aliphatic heterocycles. The molecule has 0 atom stereocenters. The van der Waals surface area contributed by atoms with Gasteiger partial charge in [0.25, 0.3) is 0 Å². The molecular weight excluding hydrogens is 388 g/mol. The smallest absolute Gasteiger partial charge is 0.227 e. The number of carbonyl (C=O) groups is 1. The van der Waals surface area contributed by atoms with Crippen LogP contribution in [0.4, 0.5) is 11.4 Å². The maximum Gasteiger partial charge on any atom is 0.227 e. The molecule has 1 aromatic heterocycles. The predicted molar refractivity (Wildman–Crippen MR) is 122 cm³/mol. The van der Waals surface area contributed by atoms with Crippen LogP contribution in [0.3, 0.4) is 0 Å². The molecule has 1 saturated heterocycles. The Morgan fingerprint density at radius 2 is 2.06 bits per heavy atom. The maximum absolute atomic E-state index is 12.8. The number of ether oxygens (including phenoxy) is 1. The van der Waals surface area contributed by atoms with Crippen LogP contribution in [0.5, 0.6) is 5.75 Å². The molecule has 1 N–H and O–H groups in total. The third-order valence-corrected chi connectivity index (χ3v) is 5.95. The van der Waals surface area contributed by atoms with Crippen molar-refractivity contribution in [2.24, 2.45) is 5.92 Å². The van der Waals surface area contributed by atoms with Gasteiger partial charge in [0.05, 0.1) is 23.9 Å². The zero-order chi connectivity index (χ0) is 21.8. The summed E-state index contributed by atoms with van der Waals surface area (Å²) in [6.45, 7) is 3.51. The van der Waals surface area contributed by atoms with E-state index < -0.39 is 0 Å². The van der Waals surface area contributed by atoms with Crippen molar-refractivity contribution in [1.82, 2.24) is 4.98 Å². The minimum absolute atomic E-state index is 0.0466. The Kier molecular flexibility index (Phi) is 6.03. The summed E-state index contributed by atoms with van der Waals surface area (Å²) < 4.78 is 5.38. The molecule has 31 heavy (non-hydrogen) atoms. The van der Waals surface area contributed by atoms with E-state index in [1.807, 2.05) is 36.4 Å². The number of piperidine rings is 1. The average molecular weight is 415 g/mol. The van der Waals surface area contributed by atoms with E-state index in [0.717, 1.165) is 47.3 Å². The van der Waals surface area contributed by atoms with Crippen molar-refractivity contribution in [3.8, 4) is 11.8 Å². The van der Waals surface area contributed by atoms with Gasteiger partial charge in [-0.2, -0.15) is 5.26 Å². The van der Waals surface area contributed by atoms with Crippen molar-refractivity contribution in [2.45, 2.75) is 26.2 Å². The first-order valence-corrected chi connectivity index (χ1v) is 10.6. The Labute approximate surface area is 182 Å². The standard InChI is InChI=1S/C25H26N4O2/c1-3-17-5-4-6-20(13-17)28-25(30)18-9-11-29(12-10-18)24-19(15-26)16-27-23-8-7-21(31-2)14-22(23)24/h4-8,13-14,16,18H,3,9-12H2,1-2H3,(H,28,30). The van der Waals surface area contributed by atoms with Crippen LogP contribution in [0.1, 0.15) is 30.9 Å². The van der Waals surface area contributed by atoms with Crippen LogP contribution in [0.25, 0.3) is 10.9 Å². The number of carbonyl (C=O) groups excluding carboxylic acids is 1. The zero-order valence-electron chi connectivity index (χ0n) is 17.9. The molecule has 0 unspecified atom stereocenters.